The second-order valence-electron chi connectivity index (χ2n) is 6.13. The number of methoxy groups -OCH3 is 1. The summed E-state index contributed by atoms with van der Waals surface area (Å²) in [6.07, 6.45) is 6.02. The first kappa shape index (κ1) is 18.5. The fraction of sp³-hybridized carbons (Fsp3) is 0.368. The van der Waals surface area contributed by atoms with Crippen molar-refractivity contribution in [3.63, 3.8) is 0 Å². The standard InChI is InChI=1S/C19H25BO4/c1-14(12-16-5-7-17(21)8-6-16)4-9-19-18(15(2)13-23-3)10-11-20(22)24-19/h5-8,10,12,19,21-22H,2,4,9,11,13H2,1,3H3/b14-12+. The Morgan fingerprint density at radius 1 is 1.42 bits per heavy atom. The van der Waals surface area contributed by atoms with Crippen molar-refractivity contribution in [3.8, 4) is 5.75 Å². The largest absolute Gasteiger partial charge is 0.508 e. The highest BCUT2D eigenvalue weighted by Gasteiger charge is 2.27. The van der Waals surface area contributed by atoms with Crippen LogP contribution in [0.15, 0.2) is 53.6 Å². The lowest BCUT2D eigenvalue weighted by molar-refractivity contribution is 0.176. The lowest BCUT2D eigenvalue weighted by Crippen LogP contribution is -2.32. The molecule has 1 aromatic carbocycles. The Morgan fingerprint density at radius 2 is 2.12 bits per heavy atom. The molecule has 1 atom stereocenters. The van der Waals surface area contributed by atoms with E-state index < -0.39 is 7.12 Å². The van der Waals surface area contributed by atoms with E-state index in [4.69, 9.17) is 9.39 Å². The maximum absolute atomic E-state index is 9.77. The van der Waals surface area contributed by atoms with Crippen molar-refractivity contribution >= 4 is 13.2 Å². The third kappa shape index (κ3) is 5.37. The number of rotatable bonds is 7. The SMILES string of the molecule is C=C(COC)C1=CCB(O)OC1CC/C(C)=C/c1ccc(O)cc1. The number of benzene rings is 1. The molecule has 2 N–H and O–H groups in total. The molecule has 0 aromatic heterocycles. The fourth-order valence-corrected chi connectivity index (χ4v) is 2.82. The van der Waals surface area contributed by atoms with Gasteiger partial charge in [0.25, 0.3) is 0 Å². The van der Waals surface area contributed by atoms with Gasteiger partial charge in [0.15, 0.2) is 0 Å². The van der Waals surface area contributed by atoms with Crippen molar-refractivity contribution in [2.24, 2.45) is 0 Å². The topological polar surface area (TPSA) is 58.9 Å². The van der Waals surface area contributed by atoms with Crippen LogP contribution in [0.25, 0.3) is 6.08 Å². The summed E-state index contributed by atoms with van der Waals surface area (Å²) in [4.78, 5) is 0. The third-order valence-corrected chi connectivity index (χ3v) is 4.04. The Hall–Kier alpha value is -1.82. The van der Waals surface area contributed by atoms with Crippen LogP contribution in [0.1, 0.15) is 25.3 Å². The monoisotopic (exact) mass is 328 g/mol. The van der Waals surface area contributed by atoms with Gasteiger partial charge in [-0.1, -0.05) is 36.4 Å². The molecule has 24 heavy (non-hydrogen) atoms. The molecule has 1 heterocycles. The van der Waals surface area contributed by atoms with Crippen molar-refractivity contribution in [2.75, 3.05) is 13.7 Å². The first-order valence-corrected chi connectivity index (χ1v) is 8.16. The molecule has 1 aliphatic heterocycles. The van der Waals surface area contributed by atoms with Gasteiger partial charge in [0.2, 0.25) is 0 Å². The van der Waals surface area contributed by atoms with E-state index in [0.717, 1.165) is 29.6 Å². The highest BCUT2D eigenvalue weighted by molar-refractivity contribution is 6.43. The Bertz CT molecular complexity index is 619. The van der Waals surface area contributed by atoms with Gasteiger partial charge in [-0.3, -0.25) is 0 Å². The van der Waals surface area contributed by atoms with E-state index in [2.05, 4.69) is 19.6 Å². The summed E-state index contributed by atoms with van der Waals surface area (Å²) in [5, 5.41) is 19.1. The molecule has 0 bridgehead atoms. The lowest BCUT2D eigenvalue weighted by atomic mass is 9.78. The van der Waals surface area contributed by atoms with E-state index in [9.17, 15) is 10.1 Å². The van der Waals surface area contributed by atoms with Crippen molar-refractivity contribution in [1.29, 1.82) is 0 Å². The summed E-state index contributed by atoms with van der Waals surface area (Å²) in [6.45, 7) is 6.58. The van der Waals surface area contributed by atoms with Gasteiger partial charge < -0.3 is 19.5 Å². The zero-order chi connectivity index (χ0) is 17.5. The lowest BCUT2D eigenvalue weighted by Gasteiger charge is -2.28. The number of phenolic OH excluding ortho intramolecular Hbond substituents is 1. The average molecular weight is 328 g/mol. The molecule has 0 fully saturated rings. The second kappa shape index (κ2) is 8.88. The van der Waals surface area contributed by atoms with E-state index in [1.54, 1.807) is 19.2 Å². The summed E-state index contributed by atoms with van der Waals surface area (Å²) in [7, 11) is 0.888. The molecular formula is C19H25BO4. The molecule has 5 heteroatoms. The molecule has 4 nitrogen and oxygen atoms in total. The first-order chi connectivity index (χ1) is 11.5. The molecule has 1 aliphatic rings. The van der Waals surface area contributed by atoms with Gasteiger partial charge in [-0.05, 0) is 48.6 Å². The number of ether oxygens (including phenoxy) is 1. The maximum Gasteiger partial charge on any atom is 0.458 e. The van der Waals surface area contributed by atoms with Crippen molar-refractivity contribution in [3.05, 3.63) is 59.2 Å². The first-order valence-electron chi connectivity index (χ1n) is 8.16. The van der Waals surface area contributed by atoms with Gasteiger partial charge in [0.05, 0.1) is 12.7 Å². The Labute approximate surface area is 144 Å². The van der Waals surface area contributed by atoms with Crippen LogP contribution in [0.4, 0.5) is 0 Å². The van der Waals surface area contributed by atoms with Gasteiger partial charge in [-0.15, -0.1) is 0 Å². The molecule has 0 amide bonds. The summed E-state index contributed by atoms with van der Waals surface area (Å²) in [5.74, 6) is 0.265. The minimum Gasteiger partial charge on any atom is -0.508 e. The highest BCUT2D eigenvalue weighted by atomic mass is 16.5. The quantitative estimate of drug-likeness (QED) is 0.751. The Balaban J connectivity index is 1.99. The van der Waals surface area contributed by atoms with Crippen LogP contribution in [0.5, 0.6) is 5.75 Å². The predicted molar refractivity (Wildman–Crippen MR) is 97.7 cm³/mol. The number of aromatic hydroxyl groups is 1. The zero-order valence-electron chi connectivity index (χ0n) is 14.4. The van der Waals surface area contributed by atoms with Gasteiger partial charge in [-0.2, -0.15) is 0 Å². The van der Waals surface area contributed by atoms with Crippen LogP contribution >= 0.6 is 0 Å². The molecule has 0 spiro atoms. The zero-order valence-corrected chi connectivity index (χ0v) is 14.4. The smallest absolute Gasteiger partial charge is 0.458 e. The molecule has 0 aliphatic carbocycles. The fourth-order valence-electron chi connectivity index (χ4n) is 2.82. The van der Waals surface area contributed by atoms with E-state index in [1.807, 2.05) is 18.2 Å². The predicted octanol–water partition coefficient (Wildman–Crippen LogP) is 3.58. The van der Waals surface area contributed by atoms with Crippen LogP contribution < -0.4 is 0 Å². The van der Waals surface area contributed by atoms with Crippen LogP contribution in [0, 0.1) is 0 Å². The Kier molecular flexibility index (Phi) is 6.85. The van der Waals surface area contributed by atoms with Crippen molar-refractivity contribution in [2.45, 2.75) is 32.2 Å². The minimum atomic E-state index is -0.754. The summed E-state index contributed by atoms with van der Waals surface area (Å²) >= 11 is 0. The van der Waals surface area contributed by atoms with E-state index >= 15 is 0 Å². The average Bonchev–Trinajstić information content (AvgIpc) is 2.55. The minimum absolute atomic E-state index is 0.167. The number of hydrogen-bond acceptors (Lipinski definition) is 4. The highest BCUT2D eigenvalue weighted by Crippen LogP contribution is 2.27. The molecule has 0 saturated carbocycles. The summed E-state index contributed by atoms with van der Waals surface area (Å²) in [6, 6.07) is 7.11. The van der Waals surface area contributed by atoms with Crippen molar-refractivity contribution < 1.29 is 19.5 Å². The molecule has 0 radical (unpaired) electrons. The Morgan fingerprint density at radius 3 is 2.79 bits per heavy atom. The molecule has 1 aromatic rings. The van der Waals surface area contributed by atoms with Gasteiger partial charge in [-0.25, -0.2) is 0 Å². The van der Waals surface area contributed by atoms with Gasteiger partial charge >= 0.3 is 7.12 Å². The number of phenols is 1. The summed E-state index contributed by atoms with van der Waals surface area (Å²) in [5.41, 5.74) is 4.18. The third-order valence-electron chi connectivity index (χ3n) is 4.04. The van der Waals surface area contributed by atoms with E-state index in [0.29, 0.717) is 12.9 Å². The van der Waals surface area contributed by atoms with Crippen LogP contribution in [0.3, 0.4) is 0 Å². The van der Waals surface area contributed by atoms with Gasteiger partial charge in [0.1, 0.15) is 5.75 Å². The normalized spacial score (nSPS) is 18.5. The van der Waals surface area contributed by atoms with Gasteiger partial charge in [0, 0.05) is 13.4 Å². The van der Waals surface area contributed by atoms with Crippen LogP contribution in [-0.2, 0) is 9.39 Å². The van der Waals surface area contributed by atoms with E-state index in [-0.39, 0.29) is 11.9 Å². The van der Waals surface area contributed by atoms with Crippen LogP contribution in [-0.4, -0.2) is 37.1 Å². The molecule has 128 valence electrons. The number of hydrogen-bond donors (Lipinski definition) is 2. The molecule has 1 unspecified atom stereocenters. The molecular weight excluding hydrogens is 303 g/mol. The number of allylic oxidation sites excluding steroid dienone is 2. The molecule has 0 saturated heterocycles. The van der Waals surface area contributed by atoms with E-state index in [1.165, 1.54) is 5.57 Å². The van der Waals surface area contributed by atoms with Crippen LogP contribution in [0.2, 0.25) is 6.32 Å². The molecule has 2 rings (SSSR count). The van der Waals surface area contributed by atoms with Crippen molar-refractivity contribution in [1.82, 2.24) is 0 Å². The summed E-state index contributed by atoms with van der Waals surface area (Å²) < 4.78 is 10.8. The maximum atomic E-state index is 9.77. The second-order valence-corrected chi connectivity index (χ2v) is 6.13.